The van der Waals surface area contributed by atoms with E-state index in [1.54, 1.807) is 0 Å². The van der Waals surface area contributed by atoms with Gasteiger partial charge in [-0.05, 0) is 30.5 Å². The number of rotatable bonds is 6. The van der Waals surface area contributed by atoms with Crippen molar-refractivity contribution in [1.29, 1.82) is 0 Å². The molecular formula is C14H21N3O. The molecule has 0 spiro atoms. The van der Waals surface area contributed by atoms with Gasteiger partial charge in [-0.15, -0.1) is 0 Å². The van der Waals surface area contributed by atoms with Gasteiger partial charge in [-0.25, -0.2) is 0 Å². The normalized spacial score (nSPS) is 16.3. The molecule has 98 valence electrons. The number of primary amides is 1. The first-order valence-electron chi connectivity index (χ1n) is 6.46. The lowest BCUT2D eigenvalue weighted by Gasteiger charge is -2.27. The van der Waals surface area contributed by atoms with Gasteiger partial charge in [0.25, 0.3) is 0 Å². The van der Waals surface area contributed by atoms with Crippen LogP contribution in [0.5, 0.6) is 0 Å². The molecule has 1 aromatic carbocycles. The fourth-order valence-electron chi connectivity index (χ4n) is 2.06. The Kier molecular flexibility index (Phi) is 3.87. The summed E-state index contributed by atoms with van der Waals surface area (Å²) in [6.07, 6.45) is 2.40. The number of carbonyl (C=O) groups is 1. The van der Waals surface area contributed by atoms with Gasteiger partial charge in [0.15, 0.2) is 0 Å². The van der Waals surface area contributed by atoms with Gasteiger partial charge in [-0.3, -0.25) is 4.79 Å². The van der Waals surface area contributed by atoms with E-state index in [0.29, 0.717) is 19.1 Å². The van der Waals surface area contributed by atoms with E-state index in [1.807, 2.05) is 19.1 Å². The van der Waals surface area contributed by atoms with E-state index in [1.165, 1.54) is 12.8 Å². The number of amides is 1. The molecule has 1 amide bonds. The molecule has 0 aromatic heterocycles. The van der Waals surface area contributed by atoms with Crippen LogP contribution in [0.1, 0.15) is 25.3 Å². The smallest absolute Gasteiger partial charge is 0.222 e. The summed E-state index contributed by atoms with van der Waals surface area (Å²) in [7, 11) is 0. The molecule has 0 aliphatic heterocycles. The number of hydrogen-bond donors (Lipinski definition) is 2. The standard InChI is InChI=1S/C14H21N3O/c1-10(14(16)18)9-17(13-6-7-13)12-4-2-11(8-15)3-5-12/h2-5,10,13H,6-9,15H2,1H3,(H2,16,18). The molecule has 4 N–H and O–H groups in total. The second kappa shape index (κ2) is 5.40. The van der Waals surface area contributed by atoms with Crippen LogP contribution < -0.4 is 16.4 Å². The first kappa shape index (κ1) is 12.9. The number of carbonyl (C=O) groups excluding carboxylic acids is 1. The second-order valence-corrected chi connectivity index (χ2v) is 5.06. The Hall–Kier alpha value is -1.55. The highest BCUT2D eigenvalue weighted by atomic mass is 16.1. The Morgan fingerprint density at radius 2 is 2.00 bits per heavy atom. The summed E-state index contributed by atoms with van der Waals surface area (Å²) in [4.78, 5) is 13.5. The van der Waals surface area contributed by atoms with Crippen LogP contribution in [-0.2, 0) is 11.3 Å². The van der Waals surface area contributed by atoms with Gasteiger partial charge in [0.1, 0.15) is 0 Å². The van der Waals surface area contributed by atoms with Crippen molar-refractivity contribution in [3.63, 3.8) is 0 Å². The predicted molar refractivity (Wildman–Crippen MR) is 73.1 cm³/mol. The molecule has 1 fully saturated rings. The lowest BCUT2D eigenvalue weighted by Crippen LogP contribution is -2.36. The van der Waals surface area contributed by atoms with Crippen LogP contribution in [0.3, 0.4) is 0 Å². The molecule has 1 aromatic rings. The predicted octanol–water partition coefficient (Wildman–Crippen LogP) is 1.24. The highest BCUT2D eigenvalue weighted by molar-refractivity contribution is 5.77. The van der Waals surface area contributed by atoms with Crippen LogP contribution in [0.2, 0.25) is 0 Å². The van der Waals surface area contributed by atoms with Crippen molar-refractivity contribution < 1.29 is 4.79 Å². The van der Waals surface area contributed by atoms with Crippen LogP contribution >= 0.6 is 0 Å². The zero-order valence-electron chi connectivity index (χ0n) is 10.8. The van der Waals surface area contributed by atoms with Crippen LogP contribution in [0.4, 0.5) is 5.69 Å². The number of hydrogen-bond acceptors (Lipinski definition) is 3. The summed E-state index contributed by atoms with van der Waals surface area (Å²) in [6.45, 7) is 3.13. The third-order valence-corrected chi connectivity index (χ3v) is 3.45. The van der Waals surface area contributed by atoms with Crippen molar-refractivity contribution in [1.82, 2.24) is 0 Å². The molecule has 1 aliphatic carbocycles. The van der Waals surface area contributed by atoms with Crippen molar-refractivity contribution in [3.8, 4) is 0 Å². The molecule has 18 heavy (non-hydrogen) atoms. The first-order chi connectivity index (χ1) is 8.61. The van der Waals surface area contributed by atoms with Gasteiger partial charge in [0.05, 0.1) is 5.92 Å². The van der Waals surface area contributed by atoms with E-state index < -0.39 is 0 Å². The monoisotopic (exact) mass is 247 g/mol. The molecule has 4 nitrogen and oxygen atoms in total. The minimum Gasteiger partial charge on any atom is -0.369 e. The van der Waals surface area contributed by atoms with Gasteiger partial charge in [-0.1, -0.05) is 19.1 Å². The Labute approximate surface area is 108 Å². The molecule has 1 unspecified atom stereocenters. The number of anilines is 1. The number of nitrogens with zero attached hydrogens (tertiary/aromatic N) is 1. The highest BCUT2D eigenvalue weighted by Gasteiger charge is 2.30. The summed E-state index contributed by atoms with van der Waals surface area (Å²) in [5.41, 5.74) is 13.2. The second-order valence-electron chi connectivity index (χ2n) is 5.06. The maximum atomic E-state index is 11.2. The minimum atomic E-state index is -0.237. The van der Waals surface area contributed by atoms with E-state index in [2.05, 4.69) is 17.0 Å². The number of benzene rings is 1. The van der Waals surface area contributed by atoms with Crippen LogP contribution in [0.15, 0.2) is 24.3 Å². The quantitative estimate of drug-likeness (QED) is 0.794. The Balaban J connectivity index is 2.11. The summed E-state index contributed by atoms with van der Waals surface area (Å²) in [5, 5.41) is 0. The molecule has 0 bridgehead atoms. The van der Waals surface area contributed by atoms with E-state index in [0.717, 1.165) is 11.3 Å². The lowest BCUT2D eigenvalue weighted by atomic mass is 10.1. The molecule has 0 heterocycles. The zero-order valence-corrected chi connectivity index (χ0v) is 10.8. The fraction of sp³-hybridized carbons (Fsp3) is 0.500. The van der Waals surface area contributed by atoms with Crippen molar-refractivity contribution in [3.05, 3.63) is 29.8 Å². The topological polar surface area (TPSA) is 72.3 Å². The van der Waals surface area contributed by atoms with Crippen molar-refractivity contribution in [2.75, 3.05) is 11.4 Å². The summed E-state index contributed by atoms with van der Waals surface area (Å²) < 4.78 is 0. The Morgan fingerprint density at radius 1 is 1.39 bits per heavy atom. The third kappa shape index (κ3) is 3.01. The zero-order chi connectivity index (χ0) is 13.1. The molecule has 2 rings (SSSR count). The molecule has 1 saturated carbocycles. The van der Waals surface area contributed by atoms with E-state index >= 15 is 0 Å². The van der Waals surface area contributed by atoms with E-state index in [4.69, 9.17) is 11.5 Å². The van der Waals surface area contributed by atoms with Crippen molar-refractivity contribution in [2.24, 2.45) is 17.4 Å². The molecular weight excluding hydrogens is 226 g/mol. The van der Waals surface area contributed by atoms with E-state index in [9.17, 15) is 4.79 Å². The van der Waals surface area contributed by atoms with Gasteiger partial charge >= 0.3 is 0 Å². The average Bonchev–Trinajstić information content (AvgIpc) is 3.20. The van der Waals surface area contributed by atoms with Crippen LogP contribution in [-0.4, -0.2) is 18.5 Å². The van der Waals surface area contributed by atoms with Gasteiger partial charge in [0, 0.05) is 24.8 Å². The lowest BCUT2D eigenvalue weighted by molar-refractivity contribution is -0.121. The van der Waals surface area contributed by atoms with Crippen molar-refractivity contribution >= 4 is 11.6 Å². The maximum Gasteiger partial charge on any atom is 0.222 e. The largest absolute Gasteiger partial charge is 0.369 e. The fourth-order valence-corrected chi connectivity index (χ4v) is 2.06. The molecule has 0 saturated heterocycles. The third-order valence-electron chi connectivity index (χ3n) is 3.45. The molecule has 1 aliphatic rings. The average molecular weight is 247 g/mol. The van der Waals surface area contributed by atoms with Crippen LogP contribution in [0, 0.1) is 5.92 Å². The van der Waals surface area contributed by atoms with Gasteiger partial charge < -0.3 is 16.4 Å². The maximum absolute atomic E-state index is 11.2. The summed E-state index contributed by atoms with van der Waals surface area (Å²) >= 11 is 0. The first-order valence-corrected chi connectivity index (χ1v) is 6.46. The molecule has 1 atom stereocenters. The van der Waals surface area contributed by atoms with Crippen molar-refractivity contribution in [2.45, 2.75) is 32.4 Å². The van der Waals surface area contributed by atoms with Crippen LogP contribution in [0.25, 0.3) is 0 Å². The highest BCUT2D eigenvalue weighted by Crippen LogP contribution is 2.32. The molecule has 4 heteroatoms. The minimum absolute atomic E-state index is 0.125. The SMILES string of the molecule is CC(CN(c1ccc(CN)cc1)C1CC1)C(N)=O. The molecule has 0 radical (unpaired) electrons. The number of nitrogens with two attached hydrogens (primary N) is 2. The Morgan fingerprint density at radius 3 is 2.44 bits per heavy atom. The summed E-state index contributed by atoms with van der Waals surface area (Å²) in [5.74, 6) is -0.362. The Bertz CT molecular complexity index is 412. The summed E-state index contributed by atoms with van der Waals surface area (Å²) in [6, 6.07) is 8.80. The van der Waals surface area contributed by atoms with Gasteiger partial charge in [0.2, 0.25) is 5.91 Å². The van der Waals surface area contributed by atoms with Gasteiger partial charge in [-0.2, -0.15) is 0 Å². The van der Waals surface area contributed by atoms with E-state index in [-0.39, 0.29) is 11.8 Å².